The van der Waals surface area contributed by atoms with E-state index in [1.165, 1.54) is 36.0 Å². The number of ketones is 1. The molecule has 134 valence electrons. The summed E-state index contributed by atoms with van der Waals surface area (Å²) in [4.78, 5) is 28.7. The Balaban J connectivity index is 1.64. The molecule has 7 heteroatoms. The number of carbonyl (C=O) groups excluding carboxylic acids is 2. The molecular formula is C19H17FN2O3S. The maximum absolute atomic E-state index is 12.9. The number of benzene rings is 2. The summed E-state index contributed by atoms with van der Waals surface area (Å²) in [5.41, 5.74) is 1.07. The normalized spacial score (nSPS) is 18.0. The highest BCUT2D eigenvalue weighted by Gasteiger charge is 2.32. The lowest BCUT2D eigenvalue weighted by Crippen LogP contribution is -2.26. The second-order valence-corrected chi connectivity index (χ2v) is 6.77. The van der Waals surface area contributed by atoms with Gasteiger partial charge in [0.15, 0.2) is 11.0 Å². The van der Waals surface area contributed by atoms with E-state index in [-0.39, 0.29) is 18.1 Å². The van der Waals surface area contributed by atoms with Gasteiger partial charge in [-0.3, -0.25) is 9.59 Å². The van der Waals surface area contributed by atoms with E-state index in [9.17, 15) is 14.0 Å². The first-order chi connectivity index (χ1) is 12.5. The molecule has 2 aromatic rings. The van der Waals surface area contributed by atoms with E-state index in [0.717, 1.165) is 5.75 Å². The van der Waals surface area contributed by atoms with Crippen LogP contribution in [0.15, 0.2) is 53.5 Å². The second-order valence-electron chi connectivity index (χ2n) is 5.57. The van der Waals surface area contributed by atoms with Crippen LogP contribution in [0.5, 0.6) is 5.75 Å². The molecule has 1 atom stereocenters. The van der Waals surface area contributed by atoms with Gasteiger partial charge in [0.2, 0.25) is 5.91 Å². The van der Waals surface area contributed by atoms with E-state index in [0.29, 0.717) is 23.0 Å². The molecule has 0 spiro atoms. The number of amides is 1. The van der Waals surface area contributed by atoms with Crippen molar-refractivity contribution in [1.82, 2.24) is 5.32 Å². The molecule has 1 fully saturated rings. The first kappa shape index (κ1) is 18.1. The Morgan fingerprint density at radius 3 is 2.54 bits per heavy atom. The summed E-state index contributed by atoms with van der Waals surface area (Å²) < 4.78 is 18.3. The van der Waals surface area contributed by atoms with Crippen molar-refractivity contribution in [3.05, 3.63) is 59.9 Å². The minimum Gasteiger partial charge on any atom is -0.494 e. The van der Waals surface area contributed by atoms with Crippen molar-refractivity contribution < 1.29 is 18.7 Å². The van der Waals surface area contributed by atoms with Crippen molar-refractivity contribution in [3.8, 4) is 5.75 Å². The van der Waals surface area contributed by atoms with E-state index in [1.807, 2.05) is 6.92 Å². The van der Waals surface area contributed by atoms with Crippen LogP contribution in [0.4, 0.5) is 10.1 Å². The van der Waals surface area contributed by atoms with Crippen LogP contribution in [0, 0.1) is 5.82 Å². The molecule has 0 unspecified atom stereocenters. The number of aliphatic imine (C=N–C) groups is 1. The molecule has 3 rings (SSSR count). The first-order valence-corrected chi connectivity index (χ1v) is 9.01. The van der Waals surface area contributed by atoms with Crippen LogP contribution < -0.4 is 10.1 Å². The van der Waals surface area contributed by atoms with Gasteiger partial charge in [0.25, 0.3) is 0 Å². The Labute approximate surface area is 154 Å². The van der Waals surface area contributed by atoms with Gasteiger partial charge in [0.1, 0.15) is 11.6 Å². The number of hydrogen-bond donors (Lipinski definition) is 1. The Bertz CT molecular complexity index is 835. The zero-order valence-electron chi connectivity index (χ0n) is 14.1. The molecule has 0 saturated carbocycles. The SMILES string of the molecule is CCOc1ccc(N=C2NC(=O)[C@H](CC(=O)c3ccc(F)cc3)S2)cc1. The molecule has 1 heterocycles. The van der Waals surface area contributed by atoms with Crippen LogP contribution >= 0.6 is 11.8 Å². The molecule has 1 aliphatic rings. The van der Waals surface area contributed by atoms with Crippen molar-refractivity contribution in [1.29, 1.82) is 0 Å². The van der Waals surface area contributed by atoms with E-state index in [2.05, 4.69) is 10.3 Å². The number of hydrogen-bond acceptors (Lipinski definition) is 5. The lowest BCUT2D eigenvalue weighted by Gasteiger charge is -2.04. The van der Waals surface area contributed by atoms with Crippen LogP contribution in [0.1, 0.15) is 23.7 Å². The third-order valence-electron chi connectivity index (χ3n) is 3.69. The van der Waals surface area contributed by atoms with Crippen LogP contribution in [0.2, 0.25) is 0 Å². The van der Waals surface area contributed by atoms with Crippen LogP contribution in [-0.2, 0) is 4.79 Å². The van der Waals surface area contributed by atoms with Gasteiger partial charge in [-0.1, -0.05) is 11.8 Å². The zero-order chi connectivity index (χ0) is 18.5. The predicted octanol–water partition coefficient (Wildman–Crippen LogP) is 3.72. The monoisotopic (exact) mass is 372 g/mol. The summed E-state index contributed by atoms with van der Waals surface area (Å²) >= 11 is 1.22. The lowest BCUT2D eigenvalue weighted by molar-refractivity contribution is -0.118. The molecule has 1 N–H and O–H groups in total. The molecule has 26 heavy (non-hydrogen) atoms. The minimum absolute atomic E-state index is 0.0322. The van der Waals surface area contributed by atoms with Gasteiger partial charge >= 0.3 is 0 Å². The Morgan fingerprint density at radius 1 is 1.19 bits per heavy atom. The topological polar surface area (TPSA) is 67.8 Å². The van der Waals surface area contributed by atoms with Crippen molar-refractivity contribution in [3.63, 3.8) is 0 Å². The van der Waals surface area contributed by atoms with Gasteiger partial charge in [-0.25, -0.2) is 9.38 Å². The number of halogens is 1. The average molecular weight is 372 g/mol. The van der Waals surface area contributed by atoms with E-state index in [4.69, 9.17) is 4.74 Å². The molecule has 0 aliphatic carbocycles. The Kier molecular flexibility index (Phi) is 5.68. The van der Waals surface area contributed by atoms with Crippen molar-refractivity contribution >= 4 is 34.3 Å². The molecular weight excluding hydrogens is 355 g/mol. The minimum atomic E-state index is -0.547. The summed E-state index contributed by atoms with van der Waals surface area (Å²) in [6, 6.07) is 12.5. The number of carbonyl (C=O) groups is 2. The molecule has 1 aliphatic heterocycles. The number of Topliss-reactive ketones (excluding diaryl/α,β-unsaturated/α-hetero) is 1. The quantitative estimate of drug-likeness (QED) is 0.785. The summed E-state index contributed by atoms with van der Waals surface area (Å²) in [6.45, 7) is 2.50. The summed E-state index contributed by atoms with van der Waals surface area (Å²) in [6.07, 6.45) is 0.0322. The molecule has 2 aromatic carbocycles. The standard InChI is InChI=1S/C19H17FN2O3S/c1-2-25-15-9-7-14(8-10-15)21-19-22-18(24)17(26-19)11-16(23)12-3-5-13(20)6-4-12/h3-10,17H,2,11H2,1H3,(H,21,22,24)/t17-/m0/s1. The van der Waals surface area contributed by atoms with Crippen molar-refractivity contribution in [2.24, 2.45) is 4.99 Å². The van der Waals surface area contributed by atoms with Crippen LogP contribution in [0.25, 0.3) is 0 Å². The fourth-order valence-electron chi connectivity index (χ4n) is 2.42. The number of amidine groups is 1. The molecule has 0 aromatic heterocycles. The Hall–Kier alpha value is -2.67. The highest BCUT2D eigenvalue weighted by atomic mass is 32.2. The van der Waals surface area contributed by atoms with Gasteiger partial charge in [0, 0.05) is 12.0 Å². The third kappa shape index (κ3) is 4.49. The molecule has 1 saturated heterocycles. The van der Waals surface area contributed by atoms with Gasteiger partial charge in [-0.05, 0) is 55.5 Å². The van der Waals surface area contributed by atoms with E-state index >= 15 is 0 Å². The summed E-state index contributed by atoms with van der Waals surface area (Å²) in [5.74, 6) is -0.114. The van der Waals surface area contributed by atoms with Crippen molar-refractivity contribution in [2.45, 2.75) is 18.6 Å². The molecule has 0 radical (unpaired) electrons. The number of rotatable bonds is 6. The second kappa shape index (κ2) is 8.14. The molecule has 0 bridgehead atoms. The molecule has 1 amide bonds. The number of nitrogens with one attached hydrogen (secondary N) is 1. The van der Waals surface area contributed by atoms with Gasteiger partial charge < -0.3 is 10.1 Å². The van der Waals surface area contributed by atoms with Crippen LogP contribution in [0.3, 0.4) is 0 Å². The first-order valence-electron chi connectivity index (χ1n) is 8.13. The summed E-state index contributed by atoms with van der Waals surface area (Å²) in [5, 5.41) is 2.60. The van der Waals surface area contributed by atoms with E-state index < -0.39 is 11.1 Å². The van der Waals surface area contributed by atoms with Crippen molar-refractivity contribution in [2.75, 3.05) is 6.61 Å². The number of ether oxygens (including phenoxy) is 1. The Morgan fingerprint density at radius 2 is 1.88 bits per heavy atom. The smallest absolute Gasteiger partial charge is 0.240 e. The predicted molar refractivity (Wildman–Crippen MR) is 99.6 cm³/mol. The van der Waals surface area contributed by atoms with Crippen LogP contribution in [-0.4, -0.2) is 28.7 Å². The van der Waals surface area contributed by atoms with Gasteiger partial charge in [-0.15, -0.1) is 0 Å². The third-order valence-corrected chi connectivity index (χ3v) is 4.77. The van der Waals surface area contributed by atoms with Gasteiger partial charge in [0.05, 0.1) is 17.5 Å². The lowest BCUT2D eigenvalue weighted by atomic mass is 10.1. The fourth-order valence-corrected chi connectivity index (χ4v) is 3.40. The van der Waals surface area contributed by atoms with E-state index in [1.54, 1.807) is 24.3 Å². The average Bonchev–Trinajstić information content (AvgIpc) is 2.96. The fraction of sp³-hybridized carbons (Fsp3) is 0.211. The van der Waals surface area contributed by atoms with Gasteiger partial charge in [-0.2, -0.15) is 0 Å². The summed E-state index contributed by atoms with van der Waals surface area (Å²) in [7, 11) is 0. The maximum Gasteiger partial charge on any atom is 0.240 e. The number of thioether (sulfide) groups is 1. The maximum atomic E-state index is 12.9. The zero-order valence-corrected chi connectivity index (χ0v) is 14.9. The molecule has 5 nitrogen and oxygen atoms in total. The largest absolute Gasteiger partial charge is 0.494 e. The number of nitrogens with zero attached hydrogens (tertiary/aromatic N) is 1. The highest BCUT2D eigenvalue weighted by Crippen LogP contribution is 2.27. The highest BCUT2D eigenvalue weighted by molar-refractivity contribution is 8.15.